The number of nitrogens with zero attached hydrogens (tertiary/aromatic N) is 1. The molecule has 0 amide bonds. The highest BCUT2D eigenvalue weighted by Crippen LogP contribution is 2.17. The van der Waals surface area contributed by atoms with Gasteiger partial charge in [-0.1, -0.05) is 6.92 Å². The summed E-state index contributed by atoms with van der Waals surface area (Å²) in [5, 5.41) is 6.67. The Hall–Kier alpha value is -0.100. The zero-order valence-corrected chi connectivity index (χ0v) is 11.6. The van der Waals surface area contributed by atoms with E-state index >= 15 is 0 Å². The van der Waals surface area contributed by atoms with Crippen LogP contribution in [-0.2, 0) is 17.0 Å². The van der Waals surface area contributed by atoms with Gasteiger partial charge in [-0.25, -0.2) is 4.98 Å². The van der Waals surface area contributed by atoms with E-state index in [9.17, 15) is 0 Å². The SMILES string of the molecule is CCCSCc1nc(CNCCOC)cs1. The molecule has 0 spiro atoms. The molecular formula is C11H20N2OS2. The molecule has 3 nitrogen and oxygen atoms in total. The maximum atomic E-state index is 4.97. The number of thioether (sulfide) groups is 1. The molecule has 1 aromatic rings. The Labute approximate surface area is 106 Å². The number of hydrogen-bond acceptors (Lipinski definition) is 5. The fraction of sp³-hybridized carbons (Fsp3) is 0.727. The highest BCUT2D eigenvalue weighted by Gasteiger charge is 2.01. The lowest BCUT2D eigenvalue weighted by molar-refractivity contribution is 0.199. The number of thiazole rings is 1. The minimum absolute atomic E-state index is 0.753. The van der Waals surface area contributed by atoms with Crippen molar-refractivity contribution < 1.29 is 4.74 Å². The lowest BCUT2D eigenvalue weighted by Crippen LogP contribution is -2.18. The first-order chi connectivity index (χ1) is 7.86. The smallest absolute Gasteiger partial charge is 0.103 e. The molecule has 0 atom stereocenters. The molecular weight excluding hydrogens is 240 g/mol. The van der Waals surface area contributed by atoms with Gasteiger partial charge in [0.05, 0.1) is 12.3 Å². The van der Waals surface area contributed by atoms with Crippen molar-refractivity contribution in [3.05, 3.63) is 16.1 Å². The lowest BCUT2D eigenvalue weighted by Gasteiger charge is -2.00. The normalized spacial score (nSPS) is 10.9. The molecule has 0 aliphatic rings. The lowest BCUT2D eigenvalue weighted by atomic mass is 10.5. The van der Waals surface area contributed by atoms with E-state index in [4.69, 9.17) is 4.74 Å². The van der Waals surface area contributed by atoms with E-state index in [1.165, 1.54) is 17.2 Å². The van der Waals surface area contributed by atoms with E-state index in [1.54, 1.807) is 18.4 Å². The van der Waals surface area contributed by atoms with Crippen molar-refractivity contribution in [1.82, 2.24) is 10.3 Å². The summed E-state index contributed by atoms with van der Waals surface area (Å²) in [5.74, 6) is 2.28. The molecule has 0 aliphatic carbocycles. The fourth-order valence-electron chi connectivity index (χ4n) is 1.19. The first-order valence-corrected chi connectivity index (χ1v) is 7.61. The quantitative estimate of drug-likeness (QED) is 0.692. The van der Waals surface area contributed by atoms with Gasteiger partial charge in [0.1, 0.15) is 5.01 Å². The zero-order valence-electron chi connectivity index (χ0n) is 9.99. The van der Waals surface area contributed by atoms with Crippen LogP contribution < -0.4 is 5.32 Å². The molecule has 1 rings (SSSR count). The number of hydrogen-bond donors (Lipinski definition) is 1. The van der Waals surface area contributed by atoms with Gasteiger partial charge in [0.2, 0.25) is 0 Å². The Morgan fingerprint density at radius 2 is 2.44 bits per heavy atom. The molecule has 0 aliphatic heterocycles. The minimum atomic E-state index is 0.753. The van der Waals surface area contributed by atoms with Gasteiger partial charge < -0.3 is 10.1 Å². The summed E-state index contributed by atoms with van der Waals surface area (Å²) in [7, 11) is 1.72. The molecule has 1 aromatic heterocycles. The van der Waals surface area contributed by atoms with Crippen molar-refractivity contribution >= 4 is 23.1 Å². The second-order valence-electron chi connectivity index (χ2n) is 3.45. The van der Waals surface area contributed by atoms with Crippen LogP contribution in [0, 0.1) is 0 Å². The number of aromatic nitrogens is 1. The van der Waals surface area contributed by atoms with Crippen LogP contribution in [0.5, 0.6) is 0 Å². The topological polar surface area (TPSA) is 34.2 Å². The van der Waals surface area contributed by atoms with Crippen molar-refractivity contribution in [2.24, 2.45) is 0 Å². The second kappa shape index (κ2) is 8.98. The monoisotopic (exact) mass is 260 g/mol. The summed E-state index contributed by atoms with van der Waals surface area (Å²) < 4.78 is 4.97. The molecule has 0 saturated carbocycles. The number of nitrogens with one attached hydrogen (secondary N) is 1. The number of ether oxygens (including phenoxy) is 1. The Balaban J connectivity index is 2.17. The average molecular weight is 260 g/mol. The van der Waals surface area contributed by atoms with E-state index in [2.05, 4.69) is 22.6 Å². The maximum absolute atomic E-state index is 4.97. The van der Waals surface area contributed by atoms with Crippen LogP contribution >= 0.6 is 23.1 Å². The van der Waals surface area contributed by atoms with Crippen LogP contribution in [0.1, 0.15) is 24.0 Å². The van der Waals surface area contributed by atoms with Crippen LogP contribution in [0.15, 0.2) is 5.38 Å². The van der Waals surface area contributed by atoms with Crippen LogP contribution in [-0.4, -0.2) is 31.0 Å². The van der Waals surface area contributed by atoms with Crippen molar-refractivity contribution in [3.8, 4) is 0 Å². The van der Waals surface area contributed by atoms with E-state index in [0.29, 0.717) is 0 Å². The molecule has 0 saturated heterocycles. The highest BCUT2D eigenvalue weighted by molar-refractivity contribution is 7.98. The molecule has 0 radical (unpaired) electrons. The summed E-state index contributed by atoms with van der Waals surface area (Å²) >= 11 is 3.72. The zero-order chi connectivity index (χ0) is 11.6. The molecule has 0 bridgehead atoms. The van der Waals surface area contributed by atoms with Gasteiger partial charge in [-0.2, -0.15) is 11.8 Å². The molecule has 1 heterocycles. The molecule has 5 heteroatoms. The molecule has 0 aromatic carbocycles. The number of rotatable bonds is 9. The van der Waals surface area contributed by atoms with Gasteiger partial charge >= 0.3 is 0 Å². The van der Waals surface area contributed by atoms with Crippen molar-refractivity contribution in [2.45, 2.75) is 25.6 Å². The summed E-state index contributed by atoms with van der Waals surface area (Å²) in [6.07, 6.45) is 1.24. The fourth-order valence-corrected chi connectivity index (χ4v) is 2.96. The first kappa shape index (κ1) is 14.0. The summed E-state index contributed by atoms with van der Waals surface area (Å²) in [6, 6.07) is 0. The van der Waals surface area contributed by atoms with Gasteiger partial charge in [0.15, 0.2) is 0 Å². The molecule has 1 N–H and O–H groups in total. The first-order valence-electron chi connectivity index (χ1n) is 5.57. The highest BCUT2D eigenvalue weighted by atomic mass is 32.2. The van der Waals surface area contributed by atoms with E-state index < -0.39 is 0 Å². The van der Waals surface area contributed by atoms with Crippen molar-refractivity contribution in [3.63, 3.8) is 0 Å². The van der Waals surface area contributed by atoms with Crippen LogP contribution in [0.4, 0.5) is 0 Å². The van der Waals surface area contributed by atoms with Crippen LogP contribution in [0.3, 0.4) is 0 Å². The standard InChI is InChI=1S/C11H20N2OS2/c1-3-6-15-9-11-13-10(8-16-11)7-12-4-5-14-2/h8,12H,3-7,9H2,1-2H3. The van der Waals surface area contributed by atoms with Gasteiger partial charge in [-0.05, 0) is 12.2 Å². The van der Waals surface area contributed by atoms with Gasteiger partial charge in [-0.3, -0.25) is 0 Å². The summed E-state index contributed by atoms with van der Waals surface area (Å²) in [4.78, 5) is 4.57. The molecule has 92 valence electrons. The van der Waals surface area contributed by atoms with Crippen LogP contribution in [0.25, 0.3) is 0 Å². The predicted octanol–water partition coefficient (Wildman–Crippen LogP) is 2.52. The Morgan fingerprint density at radius 3 is 3.19 bits per heavy atom. The predicted molar refractivity (Wildman–Crippen MR) is 72.1 cm³/mol. The Bertz CT molecular complexity index is 279. The van der Waals surface area contributed by atoms with Gasteiger partial charge in [-0.15, -0.1) is 11.3 Å². The largest absolute Gasteiger partial charge is 0.383 e. The Morgan fingerprint density at radius 1 is 1.56 bits per heavy atom. The second-order valence-corrected chi connectivity index (χ2v) is 5.50. The van der Waals surface area contributed by atoms with Crippen LogP contribution in [0.2, 0.25) is 0 Å². The third-order valence-corrected chi connectivity index (χ3v) is 4.22. The van der Waals surface area contributed by atoms with Crippen molar-refractivity contribution in [2.75, 3.05) is 26.0 Å². The van der Waals surface area contributed by atoms with Gasteiger partial charge in [0.25, 0.3) is 0 Å². The van der Waals surface area contributed by atoms with E-state index in [0.717, 1.165) is 31.1 Å². The Kier molecular flexibility index (Phi) is 7.84. The molecule has 0 unspecified atom stereocenters. The van der Waals surface area contributed by atoms with Gasteiger partial charge in [0, 0.05) is 31.3 Å². The minimum Gasteiger partial charge on any atom is -0.383 e. The van der Waals surface area contributed by atoms with Crippen molar-refractivity contribution in [1.29, 1.82) is 0 Å². The maximum Gasteiger partial charge on any atom is 0.103 e. The third-order valence-electron chi connectivity index (χ3n) is 1.96. The summed E-state index contributed by atoms with van der Waals surface area (Å²) in [6.45, 7) is 4.69. The summed E-state index contributed by atoms with van der Waals surface area (Å²) in [5.41, 5.74) is 1.15. The third kappa shape index (κ3) is 5.84. The van der Waals surface area contributed by atoms with E-state index in [-0.39, 0.29) is 0 Å². The van der Waals surface area contributed by atoms with E-state index in [1.807, 2.05) is 11.8 Å². The average Bonchev–Trinajstić information content (AvgIpc) is 2.73. The number of methoxy groups -OCH3 is 1. The molecule has 0 fully saturated rings. The molecule has 16 heavy (non-hydrogen) atoms.